The second kappa shape index (κ2) is 5.08. The Bertz CT molecular complexity index is 790. The molecule has 10 nitrogen and oxygen atoms in total. The highest BCUT2D eigenvalue weighted by atomic mass is 16.9. The molecule has 0 saturated carbocycles. The van der Waals surface area contributed by atoms with E-state index in [0.29, 0.717) is 5.65 Å². The minimum absolute atomic E-state index is 0.202. The van der Waals surface area contributed by atoms with Crippen LogP contribution < -0.4 is 5.56 Å². The van der Waals surface area contributed by atoms with Crippen LogP contribution in [0.15, 0.2) is 17.4 Å². The zero-order valence-electron chi connectivity index (χ0n) is 12.5. The van der Waals surface area contributed by atoms with E-state index in [1.165, 1.54) is 19.8 Å². The van der Waals surface area contributed by atoms with Gasteiger partial charge in [-0.15, -0.1) is 0 Å². The van der Waals surface area contributed by atoms with Gasteiger partial charge < -0.3 is 29.0 Å². The molecular weight excluding hydrogens is 308 g/mol. The van der Waals surface area contributed by atoms with Crippen LogP contribution in [0.5, 0.6) is 0 Å². The summed E-state index contributed by atoms with van der Waals surface area (Å²) >= 11 is 0. The molecule has 4 heterocycles. The van der Waals surface area contributed by atoms with E-state index in [4.69, 9.17) is 18.9 Å². The number of ether oxygens (including phenoxy) is 4. The Kier molecular flexibility index (Phi) is 3.25. The van der Waals surface area contributed by atoms with Crippen LogP contribution in [0.1, 0.15) is 13.2 Å². The Morgan fingerprint density at radius 2 is 2.22 bits per heavy atom. The van der Waals surface area contributed by atoms with Gasteiger partial charge in [-0.05, 0) is 0 Å². The van der Waals surface area contributed by atoms with Crippen molar-refractivity contribution >= 4 is 11.2 Å². The van der Waals surface area contributed by atoms with Crippen LogP contribution in [0.3, 0.4) is 0 Å². The fraction of sp³-hybridized carbons (Fsp3) is 0.615. The fourth-order valence-corrected chi connectivity index (χ4v) is 3.01. The highest BCUT2D eigenvalue weighted by Gasteiger charge is 2.57. The normalized spacial score (nSPS) is 36.7. The number of nitrogens with one attached hydrogen (secondary N) is 1. The minimum atomic E-state index is -1.22. The number of aliphatic hydroxyl groups is 1. The van der Waals surface area contributed by atoms with Gasteiger partial charge in [0.25, 0.3) is 11.5 Å². The summed E-state index contributed by atoms with van der Waals surface area (Å²) in [4.78, 5) is 22.5. The first-order valence-corrected chi connectivity index (χ1v) is 7.13. The molecular formula is C13H16N4O6. The van der Waals surface area contributed by atoms with Crippen molar-refractivity contribution in [3.63, 3.8) is 0 Å². The van der Waals surface area contributed by atoms with Crippen molar-refractivity contribution in [3.8, 4) is 0 Å². The monoisotopic (exact) mass is 324 g/mol. The third kappa shape index (κ3) is 2.11. The van der Waals surface area contributed by atoms with E-state index in [0.717, 1.165) is 0 Å². The van der Waals surface area contributed by atoms with Gasteiger partial charge in [0.05, 0.1) is 19.3 Å². The fourth-order valence-electron chi connectivity index (χ4n) is 3.01. The van der Waals surface area contributed by atoms with E-state index in [1.54, 1.807) is 11.5 Å². The molecule has 0 bridgehead atoms. The third-order valence-corrected chi connectivity index (χ3v) is 4.18. The van der Waals surface area contributed by atoms with Crippen LogP contribution in [0.4, 0.5) is 0 Å². The topological polar surface area (TPSA) is 121 Å². The maximum Gasteiger partial charge on any atom is 0.280 e. The van der Waals surface area contributed by atoms with Gasteiger partial charge in [-0.1, -0.05) is 0 Å². The summed E-state index contributed by atoms with van der Waals surface area (Å²) < 4.78 is 24.2. The Labute approximate surface area is 130 Å². The molecule has 2 aliphatic rings. The van der Waals surface area contributed by atoms with Gasteiger partial charge in [0.2, 0.25) is 0 Å². The van der Waals surface area contributed by atoms with Crippen LogP contribution in [0.2, 0.25) is 0 Å². The summed E-state index contributed by atoms with van der Waals surface area (Å²) in [6.45, 7) is 1.41. The van der Waals surface area contributed by atoms with Crippen LogP contribution in [0.25, 0.3) is 11.2 Å². The van der Waals surface area contributed by atoms with Crippen molar-refractivity contribution in [2.75, 3.05) is 13.7 Å². The Hall–Kier alpha value is -1.85. The molecule has 4 rings (SSSR count). The summed E-state index contributed by atoms with van der Waals surface area (Å²) in [5.41, 5.74) is 0.228. The SMILES string of the molecule is COC1(C)OC2C(O1)[C@@H](CO)O[C@H]2n1cnc2c(=O)[nH]cnc21. The second-order valence-corrected chi connectivity index (χ2v) is 5.53. The molecule has 2 aromatic rings. The summed E-state index contributed by atoms with van der Waals surface area (Å²) in [5.74, 6) is -1.22. The number of hydrogen-bond acceptors (Lipinski definition) is 8. The van der Waals surface area contributed by atoms with E-state index >= 15 is 0 Å². The predicted octanol–water partition coefficient (Wildman–Crippen LogP) is -0.887. The van der Waals surface area contributed by atoms with E-state index in [9.17, 15) is 9.90 Å². The van der Waals surface area contributed by atoms with Gasteiger partial charge in [0.1, 0.15) is 18.3 Å². The molecule has 2 fully saturated rings. The number of imidazole rings is 1. The number of aliphatic hydroxyl groups excluding tert-OH is 1. The molecule has 0 aliphatic carbocycles. The summed E-state index contributed by atoms with van der Waals surface area (Å²) in [6, 6.07) is 0. The van der Waals surface area contributed by atoms with Crippen molar-refractivity contribution < 1.29 is 24.1 Å². The quantitative estimate of drug-likeness (QED) is 0.746. The van der Waals surface area contributed by atoms with Crippen molar-refractivity contribution in [3.05, 3.63) is 23.0 Å². The molecule has 3 unspecified atom stereocenters. The van der Waals surface area contributed by atoms with Gasteiger partial charge in [0.15, 0.2) is 17.4 Å². The zero-order valence-corrected chi connectivity index (χ0v) is 12.5. The average Bonchev–Trinajstić information content (AvgIpc) is 3.19. The number of methoxy groups -OCH3 is 1. The predicted molar refractivity (Wildman–Crippen MR) is 74.3 cm³/mol. The number of aromatic amines is 1. The Morgan fingerprint density at radius 3 is 2.96 bits per heavy atom. The van der Waals surface area contributed by atoms with Gasteiger partial charge in [-0.2, -0.15) is 0 Å². The van der Waals surface area contributed by atoms with Crippen molar-refractivity contribution in [2.45, 2.75) is 37.4 Å². The summed E-state index contributed by atoms with van der Waals surface area (Å²) in [7, 11) is 1.47. The number of nitrogens with zero attached hydrogens (tertiary/aromatic N) is 3. The molecule has 124 valence electrons. The number of fused-ring (bicyclic) bond motifs is 2. The molecule has 0 radical (unpaired) electrons. The van der Waals surface area contributed by atoms with E-state index in [2.05, 4.69) is 15.0 Å². The van der Waals surface area contributed by atoms with Crippen LogP contribution in [-0.2, 0) is 18.9 Å². The second-order valence-electron chi connectivity index (χ2n) is 5.53. The van der Waals surface area contributed by atoms with E-state index in [1.807, 2.05) is 0 Å². The molecule has 10 heteroatoms. The Balaban J connectivity index is 1.76. The lowest BCUT2D eigenvalue weighted by Gasteiger charge is -2.25. The lowest BCUT2D eigenvalue weighted by atomic mass is 10.1. The van der Waals surface area contributed by atoms with Gasteiger partial charge in [-0.25, -0.2) is 9.97 Å². The molecule has 23 heavy (non-hydrogen) atoms. The highest BCUT2D eigenvalue weighted by Crippen LogP contribution is 2.43. The van der Waals surface area contributed by atoms with Crippen LogP contribution >= 0.6 is 0 Å². The maximum absolute atomic E-state index is 11.8. The van der Waals surface area contributed by atoms with E-state index in [-0.39, 0.29) is 17.7 Å². The molecule has 2 aliphatic heterocycles. The van der Waals surface area contributed by atoms with Crippen molar-refractivity contribution in [1.29, 1.82) is 0 Å². The lowest BCUT2D eigenvalue weighted by Crippen LogP contribution is -2.34. The third-order valence-electron chi connectivity index (χ3n) is 4.18. The lowest BCUT2D eigenvalue weighted by molar-refractivity contribution is -0.336. The first-order chi connectivity index (χ1) is 11.1. The van der Waals surface area contributed by atoms with Gasteiger partial charge in [0, 0.05) is 14.0 Å². The van der Waals surface area contributed by atoms with Gasteiger partial charge in [-0.3, -0.25) is 9.36 Å². The number of hydrogen-bond donors (Lipinski definition) is 2. The highest BCUT2D eigenvalue weighted by molar-refractivity contribution is 5.68. The zero-order chi connectivity index (χ0) is 16.2. The number of aromatic nitrogens is 4. The maximum atomic E-state index is 11.8. The Morgan fingerprint density at radius 1 is 1.43 bits per heavy atom. The average molecular weight is 324 g/mol. The first-order valence-electron chi connectivity index (χ1n) is 7.13. The van der Waals surface area contributed by atoms with E-state index < -0.39 is 30.5 Å². The molecule has 0 spiro atoms. The molecule has 0 amide bonds. The standard InChI is InChI=1S/C13H16N4O6/c1-13(20-2)22-8-6(3-18)21-12(9(8)23-13)17-5-16-7-10(17)14-4-15-11(7)19/h4-6,8-9,12,18H,3H2,1-2H3,(H,14,15,19)/t6-,8?,9?,12-,13?/m1/s1. The largest absolute Gasteiger partial charge is 0.394 e. The number of rotatable bonds is 3. The summed E-state index contributed by atoms with van der Waals surface area (Å²) in [5, 5.41) is 9.53. The number of H-pyrrole nitrogens is 1. The molecule has 2 N–H and O–H groups in total. The van der Waals surface area contributed by atoms with Crippen LogP contribution in [0, 0.1) is 0 Å². The molecule has 0 aromatic carbocycles. The van der Waals surface area contributed by atoms with Crippen molar-refractivity contribution in [2.24, 2.45) is 0 Å². The first kappa shape index (κ1) is 14.7. The smallest absolute Gasteiger partial charge is 0.280 e. The molecule has 2 aromatic heterocycles. The van der Waals surface area contributed by atoms with Crippen LogP contribution in [-0.4, -0.2) is 62.6 Å². The van der Waals surface area contributed by atoms with Gasteiger partial charge >= 0.3 is 0 Å². The molecule has 5 atom stereocenters. The minimum Gasteiger partial charge on any atom is -0.394 e. The summed E-state index contributed by atoms with van der Waals surface area (Å²) in [6.07, 6.45) is 0.490. The molecule has 2 saturated heterocycles. The van der Waals surface area contributed by atoms with Crippen molar-refractivity contribution in [1.82, 2.24) is 19.5 Å².